The van der Waals surface area contributed by atoms with Crippen molar-refractivity contribution in [2.24, 2.45) is 0 Å². The fraction of sp³-hybridized carbons (Fsp3) is 1.00. The molecule has 1 heterocycles. The number of piperazine rings is 1. The molecule has 0 aromatic rings. The van der Waals surface area contributed by atoms with Crippen molar-refractivity contribution in [2.75, 3.05) is 25.4 Å². The summed E-state index contributed by atoms with van der Waals surface area (Å²) in [6.07, 6.45) is 0. The minimum Gasteiger partial charge on any atom is -0.298 e. The summed E-state index contributed by atoms with van der Waals surface area (Å²) in [6, 6.07) is 0.602. The van der Waals surface area contributed by atoms with Crippen molar-refractivity contribution in [2.45, 2.75) is 39.8 Å². The van der Waals surface area contributed by atoms with Gasteiger partial charge >= 0.3 is 0 Å². The molecule has 0 saturated carbocycles. The van der Waals surface area contributed by atoms with E-state index >= 15 is 0 Å². The van der Waals surface area contributed by atoms with Gasteiger partial charge in [0.25, 0.3) is 0 Å². The van der Waals surface area contributed by atoms with Gasteiger partial charge in [0, 0.05) is 31.7 Å². The normalized spacial score (nSPS) is 26.1. The summed E-state index contributed by atoms with van der Waals surface area (Å²) in [5.74, 6) is 0.207. The lowest BCUT2D eigenvalue weighted by atomic mass is 10.2. The molecule has 0 aromatic carbocycles. The van der Waals surface area contributed by atoms with E-state index in [-0.39, 0.29) is 11.8 Å². The maximum absolute atomic E-state index is 11.7. The summed E-state index contributed by atoms with van der Waals surface area (Å²) in [7, 11) is -3.01. The molecule has 1 saturated heterocycles. The summed E-state index contributed by atoms with van der Waals surface area (Å²) >= 11 is 0. The highest BCUT2D eigenvalue weighted by molar-refractivity contribution is 7.89. The smallest absolute Gasteiger partial charge is 0.214 e. The highest BCUT2D eigenvalue weighted by Gasteiger charge is 2.31. The van der Waals surface area contributed by atoms with Gasteiger partial charge in [-0.05, 0) is 27.7 Å². The Morgan fingerprint density at radius 1 is 1.33 bits per heavy atom. The Bertz CT molecular complexity index is 301. The lowest BCUT2D eigenvalue weighted by Gasteiger charge is -2.40. The molecular formula is C10H22N2O2S. The monoisotopic (exact) mass is 234 g/mol. The zero-order valence-electron chi connectivity index (χ0n) is 10.1. The topological polar surface area (TPSA) is 40.6 Å². The first-order valence-electron chi connectivity index (χ1n) is 5.62. The van der Waals surface area contributed by atoms with E-state index in [4.69, 9.17) is 0 Å². The van der Waals surface area contributed by atoms with Crippen molar-refractivity contribution in [3.63, 3.8) is 0 Å². The van der Waals surface area contributed by atoms with Crippen molar-refractivity contribution in [1.82, 2.24) is 9.21 Å². The Kier molecular flexibility index (Phi) is 4.14. The van der Waals surface area contributed by atoms with Crippen molar-refractivity contribution in [3.8, 4) is 0 Å². The molecule has 15 heavy (non-hydrogen) atoms. The molecule has 0 spiro atoms. The first-order valence-corrected chi connectivity index (χ1v) is 7.23. The van der Waals surface area contributed by atoms with Gasteiger partial charge in [-0.15, -0.1) is 0 Å². The molecule has 0 N–H and O–H groups in total. The van der Waals surface area contributed by atoms with Crippen molar-refractivity contribution in [3.05, 3.63) is 0 Å². The second-order valence-corrected chi connectivity index (χ2v) is 6.66. The fourth-order valence-corrected chi connectivity index (χ4v) is 3.32. The van der Waals surface area contributed by atoms with Crippen LogP contribution in [0, 0.1) is 0 Å². The van der Waals surface area contributed by atoms with Gasteiger partial charge in [-0.2, -0.15) is 4.31 Å². The quantitative estimate of drug-likeness (QED) is 0.723. The van der Waals surface area contributed by atoms with Gasteiger partial charge in [0.05, 0.1) is 5.75 Å². The van der Waals surface area contributed by atoms with Crippen LogP contribution in [-0.4, -0.2) is 55.1 Å². The van der Waals surface area contributed by atoms with Gasteiger partial charge in [-0.25, -0.2) is 8.42 Å². The largest absolute Gasteiger partial charge is 0.298 e. The number of rotatable bonds is 3. The van der Waals surface area contributed by atoms with E-state index in [9.17, 15) is 8.42 Å². The van der Waals surface area contributed by atoms with Crippen LogP contribution in [0.2, 0.25) is 0 Å². The zero-order chi connectivity index (χ0) is 11.6. The molecule has 0 bridgehead atoms. The van der Waals surface area contributed by atoms with E-state index in [2.05, 4.69) is 18.7 Å². The Morgan fingerprint density at radius 3 is 2.33 bits per heavy atom. The summed E-state index contributed by atoms with van der Waals surface area (Å²) in [4.78, 5) is 2.33. The number of nitrogens with zero attached hydrogens (tertiary/aromatic N) is 2. The van der Waals surface area contributed by atoms with Crippen molar-refractivity contribution < 1.29 is 8.42 Å². The molecule has 1 fully saturated rings. The van der Waals surface area contributed by atoms with Crippen LogP contribution < -0.4 is 0 Å². The van der Waals surface area contributed by atoms with Gasteiger partial charge in [-0.3, -0.25) is 4.90 Å². The van der Waals surface area contributed by atoms with Crippen LogP contribution in [0.5, 0.6) is 0 Å². The standard InChI is InChI=1S/C10H22N2O2S/c1-5-15(13,14)12-7-6-11(9(2)3)8-10(12)4/h9-10H,5-8H2,1-4H3. The van der Waals surface area contributed by atoms with Gasteiger partial charge in [-0.1, -0.05) is 0 Å². The third-order valence-corrected chi connectivity index (χ3v) is 5.04. The van der Waals surface area contributed by atoms with E-state index < -0.39 is 10.0 Å². The zero-order valence-corrected chi connectivity index (χ0v) is 10.9. The molecule has 1 aliphatic heterocycles. The average Bonchev–Trinajstić information content (AvgIpc) is 2.17. The van der Waals surface area contributed by atoms with Crippen LogP contribution >= 0.6 is 0 Å². The lowest BCUT2D eigenvalue weighted by Crippen LogP contribution is -2.55. The highest BCUT2D eigenvalue weighted by atomic mass is 32.2. The first kappa shape index (κ1) is 12.9. The number of hydrogen-bond acceptors (Lipinski definition) is 3. The van der Waals surface area contributed by atoms with Crippen LogP contribution in [0.4, 0.5) is 0 Å². The number of sulfonamides is 1. The van der Waals surface area contributed by atoms with Crippen molar-refractivity contribution >= 4 is 10.0 Å². The second-order valence-electron chi connectivity index (χ2n) is 4.45. The van der Waals surface area contributed by atoms with Crippen LogP contribution in [0.25, 0.3) is 0 Å². The molecule has 90 valence electrons. The molecule has 1 atom stereocenters. The first-order chi connectivity index (χ1) is 6.88. The third kappa shape index (κ3) is 2.92. The molecule has 0 radical (unpaired) electrons. The Labute approximate surface area is 93.3 Å². The van der Waals surface area contributed by atoms with Gasteiger partial charge < -0.3 is 0 Å². The predicted octanol–water partition coefficient (Wildman–Crippen LogP) is 0.751. The number of hydrogen-bond donors (Lipinski definition) is 0. The van der Waals surface area contributed by atoms with E-state index in [1.54, 1.807) is 11.2 Å². The molecule has 5 heteroatoms. The van der Waals surface area contributed by atoms with E-state index in [0.717, 1.165) is 13.1 Å². The van der Waals surface area contributed by atoms with Gasteiger partial charge in [0.1, 0.15) is 0 Å². The highest BCUT2D eigenvalue weighted by Crippen LogP contribution is 2.16. The molecule has 0 aliphatic carbocycles. The maximum atomic E-state index is 11.7. The molecule has 1 aliphatic rings. The summed E-state index contributed by atoms with van der Waals surface area (Å²) < 4.78 is 25.1. The SMILES string of the molecule is CCS(=O)(=O)N1CCN(C(C)C)CC1C. The van der Waals surface area contributed by atoms with Gasteiger partial charge in [0.2, 0.25) is 10.0 Å². The van der Waals surface area contributed by atoms with Crippen molar-refractivity contribution in [1.29, 1.82) is 0 Å². The Morgan fingerprint density at radius 2 is 1.93 bits per heavy atom. The summed E-state index contributed by atoms with van der Waals surface area (Å²) in [5, 5.41) is 0. The molecule has 1 rings (SSSR count). The van der Waals surface area contributed by atoms with E-state index in [1.807, 2.05) is 6.92 Å². The minimum atomic E-state index is -3.01. The van der Waals surface area contributed by atoms with Crippen LogP contribution in [0.1, 0.15) is 27.7 Å². The molecule has 1 unspecified atom stereocenters. The third-order valence-electron chi connectivity index (χ3n) is 3.05. The molecule has 4 nitrogen and oxygen atoms in total. The fourth-order valence-electron chi connectivity index (χ4n) is 2.02. The Balaban J connectivity index is 2.69. The maximum Gasteiger partial charge on any atom is 0.214 e. The minimum absolute atomic E-state index is 0.103. The average molecular weight is 234 g/mol. The van der Waals surface area contributed by atoms with Gasteiger partial charge in [0.15, 0.2) is 0 Å². The van der Waals surface area contributed by atoms with E-state index in [0.29, 0.717) is 12.6 Å². The van der Waals surface area contributed by atoms with Crippen LogP contribution in [0.15, 0.2) is 0 Å². The summed E-state index contributed by atoms with van der Waals surface area (Å²) in [6.45, 7) is 10.3. The lowest BCUT2D eigenvalue weighted by molar-refractivity contribution is 0.116. The second kappa shape index (κ2) is 4.80. The van der Waals surface area contributed by atoms with Crippen LogP contribution in [0.3, 0.4) is 0 Å². The molecule has 0 aromatic heterocycles. The van der Waals surface area contributed by atoms with Crippen LogP contribution in [-0.2, 0) is 10.0 Å². The Hall–Kier alpha value is -0.130. The van der Waals surface area contributed by atoms with E-state index in [1.165, 1.54) is 0 Å². The summed E-state index contributed by atoms with van der Waals surface area (Å²) in [5.41, 5.74) is 0. The predicted molar refractivity (Wildman–Crippen MR) is 62.3 cm³/mol. The molecular weight excluding hydrogens is 212 g/mol. The molecule has 0 amide bonds.